The van der Waals surface area contributed by atoms with Crippen molar-refractivity contribution in [1.82, 2.24) is 9.97 Å². The lowest BCUT2D eigenvalue weighted by atomic mass is 10.1. The highest BCUT2D eigenvalue weighted by molar-refractivity contribution is 5.26. The van der Waals surface area contributed by atoms with Crippen molar-refractivity contribution in [2.45, 2.75) is 13.3 Å². The molecule has 3 nitrogen and oxygen atoms in total. The predicted octanol–water partition coefficient (Wildman–Crippen LogP) is 2.72. The third-order valence-electron chi connectivity index (χ3n) is 2.41. The summed E-state index contributed by atoms with van der Waals surface area (Å²) in [6, 6.07) is 5.30. The van der Waals surface area contributed by atoms with Gasteiger partial charge in [0.1, 0.15) is 11.6 Å². The first-order valence-corrected chi connectivity index (χ1v) is 5.62. The predicted molar refractivity (Wildman–Crippen MR) is 65.3 cm³/mol. The summed E-state index contributed by atoms with van der Waals surface area (Å²) in [7, 11) is 0. The molecular weight excluding hydrogens is 236 g/mol. The zero-order valence-electron chi connectivity index (χ0n) is 9.95. The second-order valence-corrected chi connectivity index (χ2v) is 3.98. The highest BCUT2D eigenvalue weighted by Gasteiger charge is 2.01. The molecule has 0 spiro atoms. The van der Waals surface area contributed by atoms with Gasteiger partial charge < -0.3 is 5.32 Å². The molecule has 1 aromatic heterocycles. The number of hydrogen-bond donors (Lipinski definition) is 1. The molecule has 2 aromatic rings. The van der Waals surface area contributed by atoms with Gasteiger partial charge in [-0.1, -0.05) is 0 Å². The van der Waals surface area contributed by atoms with Gasteiger partial charge in [0.25, 0.3) is 0 Å². The van der Waals surface area contributed by atoms with E-state index in [1.165, 1.54) is 12.1 Å². The number of aromatic nitrogens is 2. The number of nitrogens with one attached hydrogen (secondary N) is 1. The van der Waals surface area contributed by atoms with E-state index in [2.05, 4.69) is 15.3 Å². The van der Waals surface area contributed by atoms with Gasteiger partial charge in [0.2, 0.25) is 5.95 Å². The van der Waals surface area contributed by atoms with Crippen LogP contribution >= 0.6 is 0 Å². The lowest BCUT2D eigenvalue weighted by Gasteiger charge is -2.05. The Labute approximate surface area is 104 Å². The number of benzene rings is 1. The number of anilines is 1. The van der Waals surface area contributed by atoms with Crippen molar-refractivity contribution in [2.24, 2.45) is 0 Å². The molecule has 0 saturated carbocycles. The molecule has 0 aliphatic heterocycles. The van der Waals surface area contributed by atoms with E-state index in [0.717, 1.165) is 11.8 Å². The summed E-state index contributed by atoms with van der Waals surface area (Å²) in [6.07, 6.45) is 2.17. The van der Waals surface area contributed by atoms with E-state index in [9.17, 15) is 8.78 Å². The van der Waals surface area contributed by atoms with Crippen molar-refractivity contribution in [3.63, 3.8) is 0 Å². The summed E-state index contributed by atoms with van der Waals surface area (Å²) in [5.74, 6) is -0.597. The fourth-order valence-corrected chi connectivity index (χ4v) is 1.61. The molecule has 0 unspecified atom stereocenters. The summed E-state index contributed by atoms with van der Waals surface area (Å²) < 4.78 is 25.9. The van der Waals surface area contributed by atoms with Crippen LogP contribution in [0.25, 0.3) is 0 Å². The third-order valence-corrected chi connectivity index (χ3v) is 2.41. The van der Waals surface area contributed by atoms with Crippen LogP contribution in [0.2, 0.25) is 0 Å². The van der Waals surface area contributed by atoms with Crippen LogP contribution in [0.1, 0.15) is 11.3 Å². The van der Waals surface area contributed by atoms with Gasteiger partial charge in [0, 0.05) is 24.5 Å². The Bertz CT molecular complexity index is 523. The minimum atomic E-state index is -0.559. The Morgan fingerprint density at radius 2 is 1.89 bits per heavy atom. The van der Waals surface area contributed by atoms with E-state index in [1.807, 2.05) is 6.92 Å². The molecule has 1 heterocycles. The molecule has 0 aliphatic rings. The smallest absolute Gasteiger partial charge is 0.222 e. The van der Waals surface area contributed by atoms with Crippen molar-refractivity contribution in [2.75, 3.05) is 11.9 Å². The molecule has 0 bridgehead atoms. The fourth-order valence-electron chi connectivity index (χ4n) is 1.61. The van der Waals surface area contributed by atoms with E-state index >= 15 is 0 Å². The Morgan fingerprint density at radius 3 is 2.56 bits per heavy atom. The zero-order chi connectivity index (χ0) is 13.0. The van der Waals surface area contributed by atoms with Gasteiger partial charge in [-0.05, 0) is 37.1 Å². The third kappa shape index (κ3) is 3.48. The van der Waals surface area contributed by atoms with Crippen LogP contribution in [0.15, 0.2) is 30.5 Å². The van der Waals surface area contributed by atoms with E-state index in [-0.39, 0.29) is 0 Å². The highest BCUT2D eigenvalue weighted by Crippen LogP contribution is 2.08. The molecule has 94 valence electrons. The van der Waals surface area contributed by atoms with Gasteiger partial charge in [-0.2, -0.15) is 0 Å². The summed E-state index contributed by atoms with van der Waals surface area (Å²) in [5.41, 5.74) is 1.47. The van der Waals surface area contributed by atoms with E-state index in [1.54, 1.807) is 12.3 Å². The highest BCUT2D eigenvalue weighted by atomic mass is 19.1. The molecule has 2 rings (SSSR count). The minimum absolute atomic E-state index is 0.506. The molecule has 0 fully saturated rings. The fraction of sp³-hybridized carbons (Fsp3) is 0.231. The normalized spacial score (nSPS) is 10.4. The Hall–Kier alpha value is -2.04. The maximum atomic E-state index is 12.9. The van der Waals surface area contributed by atoms with Crippen molar-refractivity contribution in [3.8, 4) is 0 Å². The summed E-state index contributed by atoms with van der Waals surface area (Å²) in [5, 5.41) is 3.01. The first kappa shape index (κ1) is 12.4. The first-order valence-electron chi connectivity index (χ1n) is 5.62. The molecule has 0 saturated heterocycles. The summed E-state index contributed by atoms with van der Waals surface area (Å²) >= 11 is 0. The van der Waals surface area contributed by atoms with Crippen LogP contribution in [0.4, 0.5) is 14.7 Å². The topological polar surface area (TPSA) is 37.8 Å². The molecule has 1 aromatic carbocycles. The van der Waals surface area contributed by atoms with E-state index in [4.69, 9.17) is 0 Å². The summed E-state index contributed by atoms with van der Waals surface area (Å²) in [6.45, 7) is 2.39. The number of halogens is 2. The quantitative estimate of drug-likeness (QED) is 0.905. The molecule has 1 N–H and O–H groups in total. The first-order chi connectivity index (χ1) is 8.63. The minimum Gasteiger partial charge on any atom is -0.354 e. The van der Waals surface area contributed by atoms with Crippen molar-refractivity contribution >= 4 is 5.95 Å². The van der Waals surface area contributed by atoms with Gasteiger partial charge >= 0.3 is 0 Å². The molecule has 0 aliphatic carbocycles. The number of nitrogens with zero attached hydrogens (tertiary/aromatic N) is 2. The van der Waals surface area contributed by atoms with Crippen LogP contribution in [0.3, 0.4) is 0 Å². The van der Waals surface area contributed by atoms with E-state index in [0.29, 0.717) is 24.5 Å². The largest absolute Gasteiger partial charge is 0.354 e. The van der Waals surface area contributed by atoms with Gasteiger partial charge in [-0.15, -0.1) is 0 Å². The summed E-state index contributed by atoms with van der Waals surface area (Å²) in [4.78, 5) is 8.20. The van der Waals surface area contributed by atoms with Crippen molar-refractivity contribution in [3.05, 3.63) is 53.4 Å². The second-order valence-electron chi connectivity index (χ2n) is 3.98. The van der Waals surface area contributed by atoms with Gasteiger partial charge in [-0.25, -0.2) is 18.7 Å². The molecular formula is C13H13F2N3. The average Bonchev–Trinajstić information content (AvgIpc) is 2.27. The Balaban J connectivity index is 1.92. The molecule has 0 radical (unpaired) electrons. The van der Waals surface area contributed by atoms with Crippen molar-refractivity contribution < 1.29 is 8.78 Å². The number of rotatable bonds is 4. The van der Waals surface area contributed by atoms with Crippen LogP contribution in [-0.4, -0.2) is 16.5 Å². The molecule has 18 heavy (non-hydrogen) atoms. The number of hydrogen-bond acceptors (Lipinski definition) is 3. The van der Waals surface area contributed by atoms with Gasteiger partial charge in [-0.3, -0.25) is 0 Å². The second kappa shape index (κ2) is 5.53. The maximum absolute atomic E-state index is 12.9. The average molecular weight is 249 g/mol. The zero-order valence-corrected chi connectivity index (χ0v) is 9.95. The molecule has 0 atom stereocenters. The van der Waals surface area contributed by atoms with Gasteiger partial charge in [0.15, 0.2) is 0 Å². The van der Waals surface area contributed by atoms with E-state index < -0.39 is 11.6 Å². The van der Waals surface area contributed by atoms with Crippen LogP contribution in [0.5, 0.6) is 0 Å². The molecule has 5 heteroatoms. The Kier molecular flexibility index (Phi) is 3.82. The van der Waals surface area contributed by atoms with Crippen molar-refractivity contribution in [1.29, 1.82) is 0 Å². The van der Waals surface area contributed by atoms with Crippen LogP contribution in [0, 0.1) is 18.6 Å². The Morgan fingerprint density at radius 1 is 1.17 bits per heavy atom. The van der Waals surface area contributed by atoms with Crippen LogP contribution in [-0.2, 0) is 6.42 Å². The number of aryl methyl sites for hydroxylation is 1. The van der Waals surface area contributed by atoms with Crippen LogP contribution < -0.4 is 5.32 Å². The maximum Gasteiger partial charge on any atom is 0.222 e. The SMILES string of the molecule is Cc1ccnc(NCCc2cc(F)cc(F)c2)n1. The standard InChI is InChI=1S/C13H13F2N3/c1-9-2-4-16-13(18-9)17-5-3-10-6-11(14)8-12(15)7-10/h2,4,6-8H,3,5H2,1H3,(H,16,17,18). The monoisotopic (exact) mass is 249 g/mol. The molecule has 0 amide bonds. The lowest BCUT2D eigenvalue weighted by molar-refractivity contribution is 0.580. The lowest BCUT2D eigenvalue weighted by Crippen LogP contribution is -2.08. The van der Waals surface area contributed by atoms with Gasteiger partial charge in [0.05, 0.1) is 0 Å².